The number of hydrogen-bond acceptors (Lipinski definition) is 3. The Hall–Kier alpha value is -2.75. The maximum atomic E-state index is 10.7. The van der Waals surface area contributed by atoms with Gasteiger partial charge in [-0.2, -0.15) is 0 Å². The Kier molecular flexibility index (Phi) is 4.39. The Morgan fingerprint density at radius 1 is 1.15 bits per heavy atom. The molecule has 0 saturated heterocycles. The molecule has 100 valence electrons. The molecule has 4 heteroatoms. The summed E-state index contributed by atoms with van der Waals surface area (Å²) in [5.74, 6) is 0. The van der Waals surface area contributed by atoms with Crippen LogP contribution < -0.4 is 0 Å². The number of hydrogen-bond donors (Lipinski definition) is 0. The van der Waals surface area contributed by atoms with Crippen molar-refractivity contribution in [2.24, 2.45) is 4.99 Å². The molecule has 0 aliphatic heterocycles. The lowest BCUT2D eigenvalue weighted by molar-refractivity contribution is -0.384. The number of nitrogens with zero attached hydrogens (tertiary/aromatic N) is 2. The molecule has 0 saturated carbocycles. The van der Waals surface area contributed by atoms with E-state index in [4.69, 9.17) is 0 Å². The first-order valence-corrected chi connectivity index (χ1v) is 6.19. The van der Waals surface area contributed by atoms with Crippen molar-refractivity contribution in [2.75, 3.05) is 0 Å². The average molecular weight is 266 g/mol. The van der Waals surface area contributed by atoms with E-state index in [0.29, 0.717) is 6.42 Å². The minimum absolute atomic E-state index is 0.0754. The average Bonchev–Trinajstić information content (AvgIpc) is 2.48. The number of non-ortho nitro benzene ring substituents is 1. The van der Waals surface area contributed by atoms with E-state index in [9.17, 15) is 10.1 Å². The van der Waals surface area contributed by atoms with Crippen LogP contribution in [0, 0.1) is 10.1 Å². The number of nitro groups is 1. The van der Waals surface area contributed by atoms with Crippen LogP contribution in [0.4, 0.5) is 11.4 Å². The van der Waals surface area contributed by atoms with E-state index >= 15 is 0 Å². The van der Waals surface area contributed by atoms with Crippen LogP contribution in [-0.2, 0) is 0 Å². The van der Waals surface area contributed by atoms with Gasteiger partial charge in [-0.05, 0) is 29.8 Å². The van der Waals surface area contributed by atoms with Crippen LogP contribution in [-0.4, -0.2) is 10.6 Å². The molecule has 0 aromatic heterocycles. The Labute approximate surface area is 117 Å². The molecule has 0 heterocycles. The normalized spacial score (nSPS) is 11.1. The zero-order chi connectivity index (χ0) is 14.4. The van der Waals surface area contributed by atoms with Gasteiger partial charge in [-0.15, -0.1) is 6.58 Å². The van der Waals surface area contributed by atoms with Crippen molar-refractivity contribution < 1.29 is 4.92 Å². The number of rotatable bonds is 5. The van der Waals surface area contributed by atoms with E-state index in [-0.39, 0.29) is 5.69 Å². The molecule has 20 heavy (non-hydrogen) atoms. The van der Waals surface area contributed by atoms with E-state index in [1.165, 1.54) is 12.1 Å². The molecule has 0 aliphatic rings. The molecule has 0 atom stereocenters. The van der Waals surface area contributed by atoms with Gasteiger partial charge in [0.15, 0.2) is 0 Å². The summed E-state index contributed by atoms with van der Waals surface area (Å²) >= 11 is 0. The fourth-order valence-corrected chi connectivity index (χ4v) is 1.80. The van der Waals surface area contributed by atoms with Gasteiger partial charge in [-0.25, -0.2) is 0 Å². The highest BCUT2D eigenvalue weighted by molar-refractivity contribution is 6.03. The molecule has 0 unspecified atom stereocenters. The van der Waals surface area contributed by atoms with Crippen LogP contribution in [0.1, 0.15) is 12.0 Å². The standard InChI is InChI=1S/C16H14N2O2/c1-2-6-16(17-14-7-4-3-5-8-14)13-9-11-15(12-10-13)18(19)20/h2-5,7-12H,1,6H2/b17-16-. The van der Waals surface area contributed by atoms with Gasteiger partial charge in [0.2, 0.25) is 0 Å². The third-order valence-corrected chi connectivity index (χ3v) is 2.77. The topological polar surface area (TPSA) is 55.5 Å². The highest BCUT2D eigenvalue weighted by Crippen LogP contribution is 2.18. The first-order valence-electron chi connectivity index (χ1n) is 6.19. The third kappa shape index (κ3) is 3.38. The molecule has 0 spiro atoms. The second kappa shape index (κ2) is 6.43. The summed E-state index contributed by atoms with van der Waals surface area (Å²) in [5, 5.41) is 10.7. The first kappa shape index (κ1) is 13.7. The summed E-state index contributed by atoms with van der Waals surface area (Å²) in [6, 6.07) is 16.0. The molecule has 0 radical (unpaired) electrons. The number of para-hydroxylation sites is 1. The SMILES string of the molecule is C=CC/C(=N/c1ccccc1)c1ccc([N+](=O)[O-])cc1. The van der Waals surface area contributed by atoms with Crippen molar-refractivity contribution >= 4 is 17.1 Å². The smallest absolute Gasteiger partial charge is 0.258 e. The monoisotopic (exact) mass is 266 g/mol. The second-order valence-electron chi connectivity index (χ2n) is 4.19. The molecule has 2 aromatic carbocycles. The minimum Gasteiger partial charge on any atom is -0.258 e. The van der Waals surface area contributed by atoms with Gasteiger partial charge in [0.25, 0.3) is 5.69 Å². The molecule has 2 rings (SSSR count). The van der Waals surface area contributed by atoms with Crippen molar-refractivity contribution in [2.45, 2.75) is 6.42 Å². The fraction of sp³-hybridized carbons (Fsp3) is 0.0625. The van der Waals surface area contributed by atoms with Crippen molar-refractivity contribution in [3.8, 4) is 0 Å². The van der Waals surface area contributed by atoms with Crippen LogP contribution in [0.5, 0.6) is 0 Å². The van der Waals surface area contributed by atoms with Gasteiger partial charge in [0, 0.05) is 18.6 Å². The van der Waals surface area contributed by atoms with Crippen LogP contribution >= 0.6 is 0 Å². The van der Waals surface area contributed by atoms with Crippen molar-refractivity contribution in [3.63, 3.8) is 0 Å². The predicted molar refractivity (Wildman–Crippen MR) is 80.5 cm³/mol. The molecule has 0 fully saturated rings. The van der Waals surface area contributed by atoms with Crippen molar-refractivity contribution in [1.29, 1.82) is 0 Å². The van der Waals surface area contributed by atoms with Gasteiger partial charge < -0.3 is 0 Å². The summed E-state index contributed by atoms with van der Waals surface area (Å²) in [6.45, 7) is 3.72. The second-order valence-corrected chi connectivity index (χ2v) is 4.19. The van der Waals surface area contributed by atoms with Crippen molar-refractivity contribution in [3.05, 3.63) is 82.9 Å². The molecule has 0 aliphatic carbocycles. The highest BCUT2D eigenvalue weighted by Gasteiger charge is 2.07. The molecule has 4 nitrogen and oxygen atoms in total. The van der Waals surface area contributed by atoms with E-state index < -0.39 is 4.92 Å². The maximum Gasteiger partial charge on any atom is 0.269 e. The van der Waals surface area contributed by atoms with E-state index in [2.05, 4.69) is 11.6 Å². The molecule has 0 bridgehead atoms. The van der Waals surface area contributed by atoms with Gasteiger partial charge in [0.1, 0.15) is 0 Å². The predicted octanol–water partition coefficient (Wildman–Crippen LogP) is 4.29. The highest BCUT2D eigenvalue weighted by atomic mass is 16.6. The van der Waals surface area contributed by atoms with Crippen LogP contribution in [0.2, 0.25) is 0 Å². The van der Waals surface area contributed by atoms with E-state index in [1.54, 1.807) is 18.2 Å². The lowest BCUT2D eigenvalue weighted by Gasteiger charge is -2.04. The molecule has 2 aromatic rings. The molecular formula is C16H14N2O2. The molecule has 0 N–H and O–H groups in total. The van der Waals surface area contributed by atoms with Gasteiger partial charge in [-0.1, -0.05) is 24.3 Å². The fourth-order valence-electron chi connectivity index (χ4n) is 1.80. The van der Waals surface area contributed by atoms with Crippen LogP contribution in [0.3, 0.4) is 0 Å². The van der Waals surface area contributed by atoms with E-state index in [0.717, 1.165) is 17.0 Å². The lowest BCUT2D eigenvalue weighted by Crippen LogP contribution is -1.99. The summed E-state index contributed by atoms with van der Waals surface area (Å²) in [7, 11) is 0. The summed E-state index contributed by atoms with van der Waals surface area (Å²) in [4.78, 5) is 14.8. The maximum absolute atomic E-state index is 10.7. The zero-order valence-corrected chi connectivity index (χ0v) is 10.9. The summed E-state index contributed by atoms with van der Waals surface area (Å²) < 4.78 is 0. The van der Waals surface area contributed by atoms with Crippen LogP contribution in [0.15, 0.2) is 72.2 Å². The number of aliphatic imine (C=N–C) groups is 1. The van der Waals surface area contributed by atoms with E-state index in [1.807, 2.05) is 30.3 Å². The van der Waals surface area contributed by atoms with Gasteiger partial charge in [-0.3, -0.25) is 15.1 Å². The van der Waals surface area contributed by atoms with Gasteiger partial charge in [0.05, 0.1) is 16.3 Å². The van der Waals surface area contributed by atoms with Gasteiger partial charge >= 0.3 is 0 Å². The van der Waals surface area contributed by atoms with Crippen molar-refractivity contribution in [1.82, 2.24) is 0 Å². The summed E-state index contributed by atoms with van der Waals surface area (Å²) in [5.41, 5.74) is 2.62. The number of benzene rings is 2. The van der Waals surface area contributed by atoms with Crippen LogP contribution in [0.25, 0.3) is 0 Å². The summed E-state index contributed by atoms with van der Waals surface area (Å²) in [6.07, 6.45) is 2.37. The largest absolute Gasteiger partial charge is 0.269 e. The lowest BCUT2D eigenvalue weighted by atomic mass is 10.1. The Bertz CT molecular complexity index is 631. The quantitative estimate of drug-likeness (QED) is 0.351. The Morgan fingerprint density at radius 2 is 1.80 bits per heavy atom. The first-order chi connectivity index (χ1) is 9.70. The zero-order valence-electron chi connectivity index (χ0n) is 10.9. The third-order valence-electron chi connectivity index (χ3n) is 2.77. The molecular weight excluding hydrogens is 252 g/mol. The molecule has 0 amide bonds. The number of nitro benzene ring substituents is 1. The number of allylic oxidation sites excluding steroid dienone is 1. The minimum atomic E-state index is -0.411. The Balaban J connectivity index is 2.35. The Morgan fingerprint density at radius 3 is 2.35 bits per heavy atom.